The Balaban J connectivity index is 1.56. The number of para-hydroxylation sites is 1. The third-order valence-electron chi connectivity index (χ3n) is 4.09. The highest BCUT2D eigenvalue weighted by Gasteiger charge is 2.14. The standard InChI is InChI=1S/C20H24BrN5O2S/c1-3-12-28-19-16(17(21)9-10-18(19)27-2)14-22-11-13-29-20-23-24-25-26(20)15-7-5-4-6-8-15/h4-10,22H,3,11-14H2,1-2H3. The van der Waals surface area contributed by atoms with Crippen molar-refractivity contribution in [2.45, 2.75) is 25.0 Å². The topological polar surface area (TPSA) is 74.1 Å². The summed E-state index contributed by atoms with van der Waals surface area (Å²) in [6.45, 7) is 4.20. The molecule has 2 aromatic carbocycles. The minimum absolute atomic E-state index is 0.651. The van der Waals surface area contributed by atoms with Crippen molar-refractivity contribution < 1.29 is 9.47 Å². The largest absolute Gasteiger partial charge is 0.493 e. The summed E-state index contributed by atoms with van der Waals surface area (Å²) in [6.07, 6.45) is 0.940. The summed E-state index contributed by atoms with van der Waals surface area (Å²) in [5.41, 5.74) is 2.00. The van der Waals surface area contributed by atoms with E-state index in [0.29, 0.717) is 13.2 Å². The van der Waals surface area contributed by atoms with Gasteiger partial charge in [0.05, 0.1) is 19.4 Å². The molecule has 0 aliphatic carbocycles. The smallest absolute Gasteiger partial charge is 0.214 e. The van der Waals surface area contributed by atoms with Crippen LogP contribution < -0.4 is 14.8 Å². The second kappa shape index (κ2) is 11.2. The van der Waals surface area contributed by atoms with E-state index in [1.165, 1.54) is 0 Å². The number of hydrogen-bond donors (Lipinski definition) is 1. The van der Waals surface area contributed by atoms with E-state index in [2.05, 4.69) is 43.7 Å². The molecule has 7 nitrogen and oxygen atoms in total. The maximum absolute atomic E-state index is 5.94. The number of benzene rings is 2. The maximum Gasteiger partial charge on any atom is 0.214 e. The summed E-state index contributed by atoms with van der Waals surface area (Å²) in [5, 5.41) is 16.2. The highest BCUT2D eigenvalue weighted by molar-refractivity contribution is 9.10. The average Bonchev–Trinajstić information content (AvgIpc) is 3.22. The zero-order valence-electron chi connectivity index (χ0n) is 16.5. The molecule has 0 saturated heterocycles. The van der Waals surface area contributed by atoms with Gasteiger partial charge >= 0.3 is 0 Å². The van der Waals surface area contributed by atoms with Crippen molar-refractivity contribution in [3.05, 3.63) is 52.5 Å². The van der Waals surface area contributed by atoms with Crippen molar-refractivity contribution >= 4 is 27.7 Å². The lowest BCUT2D eigenvalue weighted by Gasteiger charge is -2.16. The lowest BCUT2D eigenvalue weighted by atomic mass is 10.2. The van der Waals surface area contributed by atoms with Gasteiger partial charge in [-0.15, -0.1) is 5.10 Å². The van der Waals surface area contributed by atoms with Gasteiger partial charge in [-0.05, 0) is 41.1 Å². The van der Waals surface area contributed by atoms with Crippen LogP contribution in [-0.2, 0) is 6.54 Å². The van der Waals surface area contributed by atoms with Gasteiger partial charge in [0.15, 0.2) is 11.5 Å². The molecule has 1 heterocycles. The van der Waals surface area contributed by atoms with E-state index in [0.717, 1.165) is 51.1 Å². The van der Waals surface area contributed by atoms with Gasteiger partial charge < -0.3 is 14.8 Å². The quantitative estimate of drug-likeness (QED) is 0.329. The first-order valence-corrected chi connectivity index (χ1v) is 11.2. The number of thioether (sulfide) groups is 1. The fraction of sp³-hybridized carbons (Fsp3) is 0.350. The van der Waals surface area contributed by atoms with Gasteiger partial charge in [-0.3, -0.25) is 0 Å². The zero-order valence-corrected chi connectivity index (χ0v) is 18.9. The first kappa shape index (κ1) is 21.6. The van der Waals surface area contributed by atoms with Gasteiger partial charge in [-0.1, -0.05) is 52.8 Å². The summed E-state index contributed by atoms with van der Waals surface area (Å²) >= 11 is 5.24. The maximum atomic E-state index is 5.94. The monoisotopic (exact) mass is 477 g/mol. The summed E-state index contributed by atoms with van der Waals surface area (Å²) in [4.78, 5) is 0. The first-order chi connectivity index (χ1) is 14.2. The third-order valence-corrected chi connectivity index (χ3v) is 5.76. The number of rotatable bonds is 11. The van der Waals surface area contributed by atoms with Gasteiger partial charge in [0.2, 0.25) is 5.16 Å². The second-order valence-corrected chi connectivity index (χ2v) is 8.06. The zero-order chi connectivity index (χ0) is 20.5. The number of nitrogens with one attached hydrogen (secondary N) is 1. The molecule has 0 fully saturated rings. The Kier molecular flexibility index (Phi) is 8.33. The third kappa shape index (κ3) is 5.71. The van der Waals surface area contributed by atoms with Crippen LogP contribution in [0.2, 0.25) is 0 Å². The van der Waals surface area contributed by atoms with Gasteiger partial charge in [0.1, 0.15) is 0 Å². The van der Waals surface area contributed by atoms with Crippen molar-refractivity contribution in [1.82, 2.24) is 25.5 Å². The molecule has 0 bridgehead atoms. The van der Waals surface area contributed by atoms with Crippen LogP contribution in [0, 0.1) is 0 Å². The Hall–Kier alpha value is -2.10. The van der Waals surface area contributed by atoms with E-state index in [4.69, 9.17) is 9.47 Å². The van der Waals surface area contributed by atoms with Crippen LogP contribution in [0.3, 0.4) is 0 Å². The number of nitrogens with zero attached hydrogens (tertiary/aromatic N) is 4. The molecule has 0 radical (unpaired) electrons. The Morgan fingerprint density at radius 1 is 1.17 bits per heavy atom. The van der Waals surface area contributed by atoms with Gasteiger partial charge in [0, 0.05) is 28.9 Å². The number of aromatic nitrogens is 4. The Morgan fingerprint density at radius 3 is 2.76 bits per heavy atom. The van der Waals surface area contributed by atoms with E-state index in [1.807, 2.05) is 42.5 Å². The molecule has 0 aliphatic rings. The number of methoxy groups -OCH3 is 1. The molecule has 0 atom stereocenters. The highest BCUT2D eigenvalue weighted by atomic mass is 79.9. The predicted molar refractivity (Wildman–Crippen MR) is 118 cm³/mol. The van der Waals surface area contributed by atoms with E-state index >= 15 is 0 Å². The molecular weight excluding hydrogens is 454 g/mol. The van der Waals surface area contributed by atoms with Crippen LogP contribution in [0.25, 0.3) is 5.69 Å². The molecular formula is C20H24BrN5O2S. The van der Waals surface area contributed by atoms with Crippen LogP contribution in [0.15, 0.2) is 52.1 Å². The van der Waals surface area contributed by atoms with Gasteiger partial charge in [-0.2, -0.15) is 4.68 Å². The summed E-state index contributed by atoms with van der Waals surface area (Å²) < 4.78 is 14.2. The summed E-state index contributed by atoms with van der Waals surface area (Å²) in [5.74, 6) is 2.37. The fourth-order valence-corrected chi connectivity index (χ4v) is 3.94. The van der Waals surface area contributed by atoms with Crippen LogP contribution in [0.5, 0.6) is 11.5 Å². The molecule has 154 valence electrons. The number of halogens is 1. The van der Waals surface area contributed by atoms with Gasteiger partial charge in [0.25, 0.3) is 0 Å². The van der Waals surface area contributed by atoms with E-state index in [1.54, 1.807) is 23.6 Å². The highest BCUT2D eigenvalue weighted by Crippen LogP contribution is 2.36. The van der Waals surface area contributed by atoms with E-state index in [9.17, 15) is 0 Å². The first-order valence-electron chi connectivity index (χ1n) is 9.40. The molecule has 0 spiro atoms. The molecule has 1 N–H and O–H groups in total. The lowest BCUT2D eigenvalue weighted by molar-refractivity contribution is 0.290. The Bertz CT molecular complexity index is 907. The summed E-state index contributed by atoms with van der Waals surface area (Å²) in [6, 6.07) is 13.8. The minimum Gasteiger partial charge on any atom is -0.493 e. The van der Waals surface area contributed by atoms with Gasteiger partial charge in [-0.25, -0.2) is 0 Å². The molecule has 29 heavy (non-hydrogen) atoms. The van der Waals surface area contributed by atoms with Crippen molar-refractivity contribution in [2.24, 2.45) is 0 Å². The van der Waals surface area contributed by atoms with Crippen LogP contribution in [0.4, 0.5) is 0 Å². The van der Waals surface area contributed by atoms with Crippen LogP contribution in [0.1, 0.15) is 18.9 Å². The molecule has 0 saturated carbocycles. The van der Waals surface area contributed by atoms with Crippen molar-refractivity contribution in [3.8, 4) is 17.2 Å². The average molecular weight is 478 g/mol. The Labute approximate surface area is 183 Å². The van der Waals surface area contributed by atoms with Crippen molar-refractivity contribution in [2.75, 3.05) is 26.0 Å². The molecule has 0 amide bonds. The van der Waals surface area contributed by atoms with Crippen molar-refractivity contribution in [3.63, 3.8) is 0 Å². The molecule has 3 rings (SSSR count). The molecule has 1 aromatic heterocycles. The molecule has 0 unspecified atom stereocenters. The van der Waals surface area contributed by atoms with E-state index < -0.39 is 0 Å². The fourth-order valence-electron chi connectivity index (χ4n) is 2.70. The van der Waals surface area contributed by atoms with Crippen LogP contribution >= 0.6 is 27.7 Å². The number of hydrogen-bond acceptors (Lipinski definition) is 7. The normalized spacial score (nSPS) is 10.9. The van der Waals surface area contributed by atoms with Crippen LogP contribution in [-0.4, -0.2) is 46.2 Å². The predicted octanol–water partition coefficient (Wildman–Crippen LogP) is 4.10. The number of ether oxygens (including phenoxy) is 2. The summed E-state index contributed by atoms with van der Waals surface area (Å²) in [7, 11) is 1.66. The van der Waals surface area contributed by atoms with E-state index in [-0.39, 0.29) is 0 Å². The molecule has 9 heteroatoms. The minimum atomic E-state index is 0.651. The molecule has 0 aliphatic heterocycles. The Morgan fingerprint density at radius 2 is 2.00 bits per heavy atom. The lowest BCUT2D eigenvalue weighted by Crippen LogP contribution is -2.18. The molecule has 3 aromatic rings. The second-order valence-electron chi connectivity index (χ2n) is 6.14. The number of tetrazole rings is 1. The van der Waals surface area contributed by atoms with Crippen molar-refractivity contribution in [1.29, 1.82) is 0 Å². The SMILES string of the molecule is CCCOc1c(OC)ccc(Br)c1CNCCSc1nnnn1-c1ccccc1.